The summed E-state index contributed by atoms with van der Waals surface area (Å²) < 4.78 is 0. The second-order valence-electron chi connectivity index (χ2n) is 5.80. The molecule has 0 aliphatic carbocycles. The summed E-state index contributed by atoms with van der Waals surface area (Å²) in [6.07, 6.45) is 5.92. The van der Waals surface area contributed by atoms with Crippen molar-refractivity contribution in [1.82, 2.24) is 9.88 Å². The van der Waals surface area contributed by atoms with Gasteiger partial charge < -0.3 is 9.80 Å². The van der Waals surface area contributed by atoms with Gasteiger partial charge in [-0.25, -0.2) is 4.98 Å². The number of hydrogen-bond acceptors (Lipinski definition) is 3. The molecule has 3 rings (SSSR count). The van der Waals surface area contributed by atoms with Crippen LogP contribution in [0.3, 0.4) is 0 Å². The monoisotopic (exact) mass is 323 g/mol. The van der Waals surface area contributed by atoms with Crippen molar-refractivity contribution < 1.29 is 0 Å². The van der Waals surface area contributed by atoms with Crippen LogP contribution in [0.15, 0.2) is 18.3 Å². The molecule has 0 aromatic carbocycles. The molecule has 104 valence electrons. The average molecular weight is 324 g/mol. The van der Waals surface area contributed by atoms with Gasteiger partial charge in [-0.3, -0.25) is 0 Å². The van der Waals surface area contributed by atoms with Crippen molar-refractivity contribution in [1.29, 1.82) is 0 Å². The molecule has 0 bridgehead atoms. The largest absolute Gasteiger partial charge is 0.356 e. The molecule has 2 atom stereocenters. The van der Waals surface area contributed by atoms with Gasteiger partial charge in [0.1, 0.15) is 5.82 Å². The van der Waals surface area contributed by atoms with Gasteiger partial charge in [0.2, 0.25) is 0 Å². The standard InChI is InChI=1S/C15H22BrN3/c1-18-8-3-5-13-11-19(9-6-14(13)18)15-12(10-16)4-2-7-17-15/h2,4,7,13-14H,3,5-6,8-11H2,1H3. The summed E-state index contributed by atoms with van der Waals surface area (Å²) in [6.45, 7) is 3.59. The molecule has 3 nitrogen and oxygen atoms in total. The van der Waals surface area contributed by atoms with Crippen molar-refractivity contribution in [3.8, 4) is 0 Å². The van der Waals surface area contributed by atoms with E-state index in [4.69, 9.17) is 0 Å². The first-order valence-electron chi connectivity index (χ1n) is 7.24. The fourth-order valence-electron chi connectivity index (χ4n) is 3.66. The fourth-order valence-corrected chi connectivity index (χ4v) is 4.10. The summed E-state index contributed by atoms with van der Waals surface area (Å²) in [5.41, 5.74) is 1.31. The number of nitrogens with zero attached hydrogens (tertiary/aromatic N) is 3. The molecule has 2 aliphatic rings. The number of alkyl halides is 1. The van der Waals surface area contributed by atoms with Gasteiger partial charge in [-0.1, -0.05) is 22.0 Å². The number of hydrogen-bond donors (Lipinski definition) is 0. The Kier molecular flexibility index (Phi) is 4.08. The number of anilines is 1. The van der Waals surface area contributed by atoms with E-state index in [1.807, 2.05) is 12.3 Å². The second-order valence-corrected chi connectivity index (χ2v) is 6.37. The number of piperidine rings is 2. The molecule has 0 spiro atoms. The van der Waals surface area contributed by atoms with Gasteiger partial charge in [0.25, 0.3) is 0 Å². The number of fused-ring (bicyclic) bond motifs is 1. The van der Waals surface area contributed by atoms with Crippen LogP contribution in [0.5, 0.6) is 0 Å². The number of pyridine rings is 1. The highest BCUT2D eigenvalue weighted by Gasteiger charge is 2.34. The Labute approximate surface area is 124 Å². The zero-order chi connectivity index (χ0) is 13.2. The fraction of sp³-hybridized carbons (Fsp3) is 0.667. The Morgan fingerprint density at radius 1 is 1.37 bits per heavy atom. The van der Waals surface area contributed by atoms with Gasteiger partial charge in [0.05, 0.1) is 0 Å². The lowest BCUT2D eigenvalue weighted by atomic mass is 9.84. The Morgan fingerprint density at radius 3 is 3.11 bits per heavy atom. The third-order valence-electron chi connectivity index (χ3n) is 4.66. The number of likely N-dealkylation sites (tertiary alicyclic amines) is 1. The molecule has 19 heavy (non-hydrogen) atoms. The Balaban J connectivity index is 1.77. The Morgan fingerprint density at radius 2 is 2.26 bits per heavy atom. The van der Waals surface area contributed by atoms with Gasteiger partial charge in [-0.15, -0.1) is 0 Å². The molecular weight excluding hydrogens is 302 g/mol. The predicted molar refractivity (Wildman–Crippen MR) is 82.8 cm³/mol. The average Bonchev–Trinajstić information content (AvgIpc) is 2.47. The lowest BCUT2D eigenvalue weighted by molar-refractivity contribution is 0.102. The topological polar surface area (TPSA) is 19.4 Å². The summed E-state index contributed by atoms with van der Waals surface area (Å²) in [5.74, 6) is 2.00. The van der Waals surface area contributed by atoms with Crippen LogP contribution in [0.2, 0.25) is 0 Å². The minimum atomic E-state index is 0.793. The van der Waals surface area contributed by atoms with Crippen LogP contribution < -0.4 is 4.90 Å². The highest BCUT2D eigenvalue weighted by Crippen LogP contribution is 2.32. The Bertz CT molecular complexity index is 437. The summed E-state index contributed by atoms with van der Waals surface area (Å²) in [6, 6.07) is 5.00. The van der Waals surface area contributed by atoms with Gasteiger partial charge in [-0.05, 0) is 44.8 Å². The molecule has 2 unspecified atom stereocenters. The molecule has 0 saturated carbocycles. The first-order valence-corrected chi connectivity index (χ1v) is 8.37. The number of aromatic nitrogens is 1. The first-order chi connectivity index (χ1) is 9.29. The van der Waals surface area contributed by atoms with E-state index in [-0.39, 0.29) is 0 Å². The highest BCUT2D eigenvalue weighted by molar-refractivity contribution is 9.08. The third kappa shape index (κ3) is 2.65. The lowest BCUT2D eigenvalue weighted by Crippen LogP contribution is -2.53. The summed E-state index contributed by atoms with van der Waals surface area (Å²) >= 11 is 3.58. The lowest BCUT2D eigenvalue weighted by Gasteiger charge is -2.46. The minimum absolute atomic E-state index is 0.793. The molecule has 1 aromatic rings. The molecule has 3 heterocycles. The highest BCUT2D eigenvalue weighted by atomic mass is 79.9. The second kappa shape index (κ2) is 5.80. The van der Waals surface area contributed by atoms with Crippen LogP contribution in [0, 0.1) is 5.92 Å². The Hall–Kier alpha value is -0.610. The van der Waals surface area contributed by atoms with E-state index in [0.717, 1.165) is 23.8 Å². The summed E-state index contributed by atoms with van der Waals surface area (Å²) in [7, 11) is 2.29. The van der Waals surface area contributed by atoms with Crippen LogP contribution in [0.25, 0.3) is 0 Å². The third-order valence-corrected chi connectivity index (χ3v) is 5.26. The molecule has 2 saturated heterocycles. The molecule has 2 fully saturated rings. The van der Waals surface area contributed by atoms with E-state index in [0.29, 0.717) is 0 Å². The zero-order valence-corrected chi connectivity index (χ0v) is 13.1. The van der Waals surface area contributed by atoms with Crippen LogP contribution in [0.4, 0.5) is 5.82 Å². The van der Waals surface area contributed by atoms with Crippen LogP contribution in [-0.2, 0) is 5.33 Å². The van der Waals surface area contributed by atoms with Crippen molar-refractivity contribution in [3.05, 3.63) is 23.9 Å². The van der Waals surface area contributed by atoms with Crippen molar-refractivity contribution in [2.45, 2.75) is 30.6 Å². The molecule has 4 heteroatoms. The van der Waals surface area contributed by atoms with Crippen molar-refractivity contribution in [2.24, 2.45) is 5.92 Å². The normalized spacial score (nSPS) is 28.2. The van der Waals surface area contributed by atoms with Crippen molar-refractivity contribution >= 4 is 21.7 Å². The smallest absolute Gasteiger partial charge is 0.132 e. The SMILES string of the molecule is CN1CCCC2CN(c3ncccc3CBr)CCC21. The molecule has 2 aliphatic heterocycles. The first kappa shape index (κ1) is 13.4. The maximum atomic E-state index is 4.61. The van der Waals surface area contributed by atoms with E-state index in [1.54, 1.807) is 0 Å². The van der Waals surface area contributed by atoms with Crippen LogP contribution >= 0.6 is 15.9 Å². The van der Waals surface area contributed by atoms with Crippen LogP contribution in [0.1, 0.15) is 24.8 Å². The zero-order valence-electron chi connectivity index (χ0n) is 11.6. The predicted octanol–water partition coefficient (Wildman–Crippen LogP) is 2.90. The maximum Gasteiger partial charge on any atom is 0.132 e. The molecule has 0 radical (unpaired) electrons. The number of rotatable bonds is 2. The van der Waals surface area contributed by atoms with E-state index < -0.39 is 0 Å². The number of halogens is 1. The molecule has 1 aromatic heterocycles. The van der Waals surface area contributed by atoms with Crippen molar-refractivity contribution in [3.63, 3.8) is 0 Å². The minimum Gasteiger partial charge on any atom is -0.356 e. The van der Waals surface area contributed by atoms with E-state index in [1.165, 1.54) is 43.7 Å². The van der Waals surface area contributed by atoms with E-state index in [9.17, 15) is 0 Å². The quantitative estimate of drug-likeness (QED) is 0.780. The summed E-state index contributed by atoms with van der Waals surface area (Å²) in [4.78, 5) is 9.67. The molecule has 0 amide bonds. The summed E-state index contributed by atoms with van der Waals surface area (Å²) in [5, 5.41) is 0.890. The van der Waals surface area contributed by atoms with Gasteiger partial charge >= 0.3 is 0 Å². The van der Waals surface area contributed by atoms with Gasteiger partial charge in [-0.2, -0.15) is 0 Å². The molecule has 0 N–H and O–H groups in total. The van der Waals surface area contributed by atoms with Gasteiger partial charge in [0, 0.05) is 36.2 Å². The molecular formula is C15H22BrN3. The van der Waals surface area contributed by atoms with Crippen molar-refractivity contribution in [2.75, 3.05) is 31.6 Å². The maximum absolute atomic E-state index is 4.61. The van der Waals surface area contributed by atoms with E-state index >= 15 is 0 Å². The van der Waals surface area contributed by atoms with E-state index in [2.05, 4.69) is 43.8 Å². The van der Waals surface area contributed by atoms with Crippen LogP contribution in [-0.4, -0.2) is 42.6 Å². The van der Waals surface area contributed by atoms with Gasteiger partial charge in [0.15, 0.2) is 0 Å².